The summed E-state index contributed by atoms with van der Waals surface area (Å²) in [4.78, 5) is 11.3. The number of hydrogen-bond acceptors (Lipinski definition) is 3. The second-order valence-corrected chi connectivity index (χ2v) is 4.95. The van der Waals surface area contributed by atoms with Gasteiger partial charge in [0.2, 0.25) is 0 Å². The maximum Gasteiger partial charge on any atom is 0.323 e. The molecule has 3 nitrogen and oxygen atoms in total. The molecule has 1 aliphatic rings. The zero-order chi connectivity index (χ0) is 13.8. The van der Waals surface area contributed by atoms with E-state index in [1.165, 1.54) is 16.7 Å². The molecule has 0 aromatic heterocycles. The van der Waals surface area contributed by atoms with E-state index in [2.05, 4.69) is 41.7 Å². The largest absolute Gasteiger partial charge is 0.464 e. The van der Waals surface area contributed by atoms with Gasteiger partial charge in [0.05, 0.1) is 6.61 Å². The van der Waals surface area contributed by atoms with E-state index in [0.29, 0.717) is 13.2 Å². The molecule has 2 aromatic carbocycles. The van der Waals surface area contributed by atoms with Crippen molar-refractivity contribution in [2.24, 2.45) is 0 Å². The third kappa shape index (κ3) is 2.89. The van der Waals surface area contributed by atoms with Crippen molar-refractivity contribution in [1.29, 1.82) is 0 Å². The average molecular weight is 267 g/mol. The molecule has 0 radical (unpaired) electrons. The molecule has 1 unspecified atom stereocenters. The number of rotatable bonds is 4. The van der Waals surface area contributed by atoms with Gasteiger partial charge in [0.25, 0.3) is 0 Å². The fourth-order valence-corrected chi connectivity index (χ4v) is 2.37. The third-order valence-corrected chi connectivity index (χ3v) is 3.55. The van der Waals surface area contributed by atoms with Gasteiger partial charge in [-0.3, -0.25) is 4.79 Å². The highest BCUT2D eigenvalue weighted by molar-refractivity contribution is 5.77. The highest BCUT2D eigenvalue weighted by Crippen LogP contribution is 2.19. The lowest BCUT2D eigenvalue weighted by Gasteiger charge is -2.09. The van der Waals surface area contributed by atoms with Gasteiger partial charge in [-0.05, 0) is 16.7 Å². The lowest BCUT2D eigenvalue weighted by molar-refractivity contribution is -0.139. The summed E-state index contributed by atoms with van der Waals surface area (Å²) in [6.07, 6.45) is 0.765. The van der Waals surface area contributed by atoms with Crippen molar-refractivity contribution in [2.75, 3.05) is 6.61 Å². The van der Waals surface area contributed by atoms with Gasteiger partial charge in [-0.1, -0.05) is 54.6 Å². The fourth-order valence-electron chi connectivity index (χ4n) is 2.37. The SMILES string of the molecule is O=C1OCCC1NCc1ccc(-c2ccccc2)cc1. The van der Waals surface area contributed by atoms with E-state index < -0.39 is 0 Å². The Kier molecular flexibility index (Phi) is 3.79. The first-order chi connectivity index (χ1) is 9.83. The third-order valence-electron chi connectivity index (χ3n) is 3.55. The molecule has 102 valence electrons. The number of ether oxygens (including phenoxy) is 1. The van der Waals surface area contributed by atoms with Crippen LogP contribution in [0.3, 0.4) is 0 Å². The Morgan fingerprint density at radius 3 is 2.35 bits per heavy atom. The Balaban J connectivity index is 1.63. The molecule has 0 aliphatic carbocycles. The smallest absolute Gasteiger partial charge is 0.323 e. The maximum absolute atomic E-state index is 11.3. The van der Waals surface area contributed by atoms with Crippen molar-refractivity contribution in [2.45, 2.75) is 19.0 Å². The van der Waals surface area contributed by atoms with Crippen molar-refractivity contribution >= 4 is 5.97 Å². The first-order valence-corrected chi connectivity index (χ1v) is 6.87. The molecule has 0 amide bonds. The minimum atomic E-state index is -0.149. The van der Waals surface area contributed by atoms with Crippen molar-refractivity contribution in [3.63, 3.8) is 0 Å². The molecule has 1 atom stereocenters. The van der Waals surface area contributed by atoms with E-state index in [9.17, 15) is 4.79 Å². The quantitative estimate of drug-likeness (QED) is 0.866. The summed E-state index contributed by atoms with van der Waals surface area (Å²) in [6.45, 7) is 1.22. The molecule has 1 N–H and O–H groups in total. The van der Waals surface area contributed by atoms with Crippen molar-refractivity contribution in [3.8, 4) is 11.1 Å². The maximum atomic E-state index is 11.3. The standard InChI is InChI=1S/C17H17NO2/c19-17-16(10-11-20-17)18-12-13-6-8-15(9-7-13)14-4-2-1-3-5-14/h1-9,16,18H,10-12H2. The Bertz CT molecular complexity index is 578. The van der Waals surface area contributed by atoms with E-state index in [1.807, 2.05) is 18.2 Å². The highest BCUT2D eigenvalue weighted by atomic mass is 16.5. The Morgan fingerprint density at radius 1 is 1.00 bits per heavy atom. The first-order valence-electron chi connectivity index (χ1n) is 6.87. The first kappa shape index (κ1) is 12.9. The Morgan fingerprint density at radius 2 is 1.70 bits per heavy atom. The average Bonchev–Trinajstić information content (AvgIpc) is 2.92. The molecular formula is C17H17NO2. The number of esters is 1. The van der Waals surface area contributed by atoms with Gasteiger partial charge in [-0.15, -0.1) is 0 Å². The van der Waals surface area contributed by atoms with Crippen LogP contribution < -0.4 is 5.32 Å². The summed E-state index contributed by atoms with van der Waals surface area (Å²) in [5, 5.41) is 3.23. The Hall–Kier alpha value is -2.13. The van der Waals surface area contributed by atoms with Gasteiger partial charge < -0.3 is 10.1 Å². The van der Waals surface area contributed by atoms with E-state index in [4.69, 9.17) is 4.74 Å². The van der Waals surface area contributed by atoms with E-state index >= 15 is 0 Å². The van der Waals surface area contributed by atoms with Gasteiger partial charge in [0, 0.05) is 13.0 Å². The van der Waals surface area contributed by atoms with E-state index in [1.54, 1.807) is 0 Å². The van der Waals surface area contributed by atoms with Gasteiger partial charge in [0.15, 0.2) is 0 Å². The van der Waals surface area contributed by atoms with Crippen LogP contribution in [-0.4, -0.2) is 18.6 Å². The van der Waals surface area contributed by atoms with Crippen LogP contribution in [0.15, 0.2) is 54.6 Å². The molecule has 20 heavy (non-hydrogen) atoms. The van der Waals surface area contributed by atoms with Crippen LogP contribution in [0.5, 0.6) is 0 Å². The minimum Gasteiger partial charge on any atom is -0.464 e. The van der Waals surface area contributed by atoms with Crippen LogP contribution in [-0.2, 0) is 16.1 Å². The molecule has 3 rings (SSSR count). The van der Waals surface area contributed by atoms with E-state index in [0.717, 1.165) is 6.42 Å². The van der Waals surface area contributed by atoms with Gasteiger partial charge >= 0.3 is 5.97 Å². The zero-order valence-electron chi connectivity index (χ0n) is 11.2. The summed E-state index contributed by atoms with van der Waals surface area (Å²) in [5.41, 5.74) is 3.59. The molecule has 1 fully saturated rings. The molecule has 0 spiro atoms. The number of hydrogen-bond donors (Lipinski definition) is 1. The van der Waals surface area contributed by atoms with Crippen LogP contribution in [0.25, 0.3) is 11.1 Å². The normalized spacial score (nSPS) is 18.0. The molecule has 3 heteroatoms. The molecule has 2 aromatic rings. The van der Waals surface area contributed by atoms with Crippen LogP contribution in [0.2, 0.25) is 0 Å². The number of cyclic esters (lactones) is 1. The number of carbonyl (C=O) groups is 1. The van der Waals surface area contributed by atoms with Crippen LogP contribution in [0, 0.1) is 0 Å². The van der Waals surface area contributed by atoms with Crippen molar-refractivity contribution in [3.05, 3.63) is 60.2 Å². The van der Waals surface area contributed by atoms with Crippen LogP contribution in [0.4, 0.5) is 0 Å². The molecule has 0 bridgehead atoms. The lowest BCUT2D eigenvalue weighted by atomic mass is 10.0. The van der Waals surface area contributed by atoms with Crippen molar-refractivity contribution in [1.82, 2.24) is 5.32 Å². The summed E-state index contributed by atoms with van der Waals surface area (Å²) in [7, 11) is 0. The van der Waals surface area contributed by atoms with Crippen molar-refractivity contribution < 1.29 is 9.53 Å². The highest BCUT2D eigenvalue weighted by Gasteiger charge is 2.25. The number of benzene rings is 2. The van der Waals surface area contributed by atoms with Crippen LogP contribution >= 0.6 is 0 Å². The summed E-state index contributed by atoms with van der Waals surface area (Å²) < 4.78 is 4.93. The predicted molar refractivity (Wildman–Crippen MR) is 78.1 cm³/mol. The summed E-state index contributed by atoms with van der Waals surface area (Å²) in [6, 6.07) is 18.5. The summed E-state index contributed by atoms with van der Waals surface area (Å²) >= 11 is 0. The van der Waals surface area contributed by atoms with Gasteiger partial charge in [-0.2, -0.15) is 0 Å². The molecule has 0 saturated carbocycles. The second-order valence-electron chi connectivity index (χ2n) is 4.95. The summed E-state index contributed by atoms with van der Waals surface area (Å²) in [5.74, 6) is -0.133. The minimum absolute atomic E-state index is 0.133. The van der Waals surface area contributed by atoms with Gasteiger partial charge in [-0.25, -0.2) is 0 Å². The zero-order valence-corrected chi connectivity index (χ0v) is 11.2. The Labute approximate surface area is 118 Å². The molecular weight excluding hydrogens is 250 g/mol. The predicted octanol–water partition coefficient (Wildman–Crippen LogP) is 2.76. The number of nitrogens with one attached hydrogen (secondary N) is 1. The topological polar surface area (TPSA) is 38.3 Å². The number of carbonyl (C=O) groups excluding carboxylic acids is 1. The van der Waals surface area contributed by atoms with E-state index in [-0.39, 0.29) is 12.0 Å². The van der Waals surface area contributed by atoms with Crippen LogP contribution in [0.1, 0.15) is 12.0 Å². The second kappa shape index (κ2) is 5.88. The molecule has 1 aliphatic heterocycles. The molecule has 1 heterocycles. The lowest BCUT2D eigenvalue weighted by Crippen LogP contribution is -2.32. The monoisotopic (exact) mass is 267 g/mol. The van der Waals surface area contributed by atoms with Gasteiger partial charge in [0.1, 0.15) is 6.04 Å². The molecule has 1 saturated heterocycles. The fraction of sp³-hybridized carbons (Fsp3) is 0.235.